The summed E-state index contributed by atoms with van der Waals surface area (Å²) in [5.74, 6) is 1.85. The smallest absolute Gasteiger partial charge is 0.198 e. The molecule has 0 aliphatic rings. The van der Waals surface area contributed by atoms with E-state index in [0.29, 0.717) is 11.7 Å². The average molecular weight is 362 g/mol. The van der Waals surface area contributed by atoms with Crippen molar-refractivity contribution in [1.29, 1.82) is 0 Å². The molecule has 7 nitrogen and oxygen atoms in total. The molecule has 0 radical (unpaired) electrons. The molecule has 4 rings (SSSR count). The van der Waals surface area contributed by atoms with E-state index in [0.717, 1.165) is 35.5 Å². The topological polar surface area (TPSA) is 92.4 Å². The Morgan fingerprint density at radius 2 is 2.07 bits per heavy atom. The highest BCUT2D eigenvalue weighted by molar-refractivity contribution is 5.86. The number of nitrogens with zero attached hydrogens (tertiary/aromatic N) is 4. The van der Waals surface area contributed by atoms with Crippen LogP contribution in [0.5, 0.6) is 5.75 Å². The summed E-state index contributed by atoms with van der Waals surface area (Å²) in [5, 5.41) is 15.2. The van der Waals surface area contributed by atoms with E-state index in [1.165, 1.54) is 16.6 Å². The van der Waals surface area contributed by atoms with E-state index >= 15 is 0 Å². The summed E-state index contributed by atoms with van der Waals surface area (Å²) in [7, 11) is 1.69. The highest BCUT2D eigenvalue weighted by Crippen LogP contribution is 2.33. The lowest BCUT2D eigenvalue weighted by Gasteiger charge is -2.11. The summed E-state index contributed by atoms with van der Waals surface area (Å²) >= 11 is 0. The van der Waals surface area contributed by atoms with Crippen LogP contribution in [0.4, 0.5) is 0 Å². The quantitative estimate of drug-likeness (QED) is 0.543. The average Bonchev–Trinajstić information content (AvgIpc) is 3.36. The lowest BCUT2D eigenvalue weighted by molar-refractivity contribution is 0.415. The Morgan fingerprint density at radius 3 is 2.81 bits per heavy atom. The molecule has 3 aromatic heterocycles. The maximum absolute atomic E-state index is 5.38. The minimum Gasteiger partial charge on any atom is -0.497 e. The van der Waals surface area contributed by atoms with Crippen LogP contribution in [0.15, 0.2) is 36.4 Å². The molecular formula is C20H22N6O. The van der Waals surface area contributed by atoms with Gasteiger partial charge in [-0.1, -0.05) is 19.9 Å². The van der Waals surface area contributed by atoms with Gasteiger partial charge in [0.05, 0.1) is 7.11 Å². The summed E-state index contributed by atoms with van der Waals surface area (Å²) < 4.78 is 5.38. The van der Waals surface area contributed by atoms with Crippen molar-refractivity contribution < 1.29 is 4.74 Å². The molecule has 27 heavy (non-hydrogen) atoms. The van der Waals surface area contributed by atoms with Crippen molar-refractivity contribution in [1.82, 2.24) is 30.6 Å². The van der Waals surface area contributed by atoms with Crippen LogP contribution in [0.1, 0.15) is 43.1 Å². The lowest BCUT2D eigenvalue weighted by atomic mass is 9.96. The van der Waals surface area contributed by atoms with E-state index in [-0.39, 0.29) is 0 Å². The van der Waals surface area contributed by atoms with Gasteiger partial charge in [-0.25, -0.2) is 10.1 Å². The number of nitrogens with one attached hydrogen (secondary N) is 2. The molecule has 0 aliphatic carbocycles. The van der Waals surface area contributed by atoms with Crippen LogP contribution >= 0.6 is 0 Å². The van der Waals surface area contributed by atoms with Crippen LogP contribution in [0.3, 0.4) is 0 Å². The summed E-state index contributed by atoms with van der Waals surface area (Å²) in [6, 6.07) is 12.1. The van der Waals surface area contributed by atoms with E-state index in [4.69, 9.17) is 9.72 Å². The van der Waals surface area contributed by atoms with E-state index in [9.17, 15) is 0 Å². The van der Waals surface area contributed by atoms with E-state index < -0.39 is 0 Å². The van der Waals surface area contributed by atoms with Gasteiger partial charge < -0.3 is 9.72 Å². The van der Waals surface area contributed by atoms with Crippen molar-refractivity contribution in [3.05, 3.63) is 53.3 Å². The zero-order valence-electron chi connectivity index (χ0n) is 15.7. The highest BCUT2D eigenvalue weighted by atomic mass is 16.5. The molecule has 0 fully saturated rings. The number of ether oxygens (including phenoxy) is 1. The summed E-state index contributed by atoms with van der Waals surface area (Å²) in [5.41, 5.74) is 5.35. The maximum atomic E-state index is 5.38. The van der Waals surface area contributed by atoms with Gasteiger partial charge in [-0.2, -0.15) is 0 Å². The fourth-order valence-electron chi connectivity index (χ4n) is 3.36. The van der Waals surface area contributed by atoms with Gasteiger partial charge >= 0.3 is 0 Å². The number of aromatic amines is 2. The Morgan fingerprint density at radius 1 is 1.19 bits per heavy atom. The van der Waals surface area contributed by atoms with Gasteiger partial charge in [0.2, 0.25) is 0 Å². The Balaban J connectivity index is 1.77. The standard InChI is InChI=1S/C20H22N6O/c1-4-12(2)19-16(15-9-8-14(27-3)11-18(15)22-19)10-13-6-5-7-17(21-13)20-23-25-26-24-20/h5-9,11-12,22H,4,10H2,1-3H3,(H,23,24,25,26). The van der Waals surface area contributed by atoms with E-state index in [2.05, 4.69) is 51.6 Å². The fourth-order valence-corrected chi connectivity index (χ4v) is 3.36. The molecule has 7 heteroatoms. The minimum atomic E-state index is 0.431. The molecule has 0 bridgehead atoms. The molecule has 0 amide bonds. The summed E-state index contributed by atoms with van der Waals surface area (Å²) in [6.07, 6.45) is 1.80. The Bertz CT molecular complexity index is 1050. The van der Waals surface area contributed by atoms with Gasteiger partial charge in [-0.3, -0.25) is 0 Å². The second kappa shape index (κ2) is 7.19. The van der Waals surface area contributed by atoms with E-state index in [1.807, 2.05) is 24.3 Å². The first-order valence-corrected chi connectivity index (χ1v) is 9.08. The van der Waals surface area contributed by atoms with E-state index in [1.54, 1.807) is 7.11 Å². The first kappa shape index (κ1) is 17.2. The van der Waals surface area contributed by atoms with Crippen LogP contribution in [0.25, 0.3) is 22.4 Å². The molecule has 0 saturated carbocycles. The molecule has 2 N–H and O–H groups in total. The first-order valence-electron chi connectivity index (χ1n) is 9.08. The largest absolute Gasteiger partial charge is 0.497 e. The third kappa shape index (κ3) is 3.28. The van der Waals surface area contributed by atoms with Crippen molar-refractivity contribution in [3.8, 4) is 17.3 Å². The molecule has 0 aliphatic heterocycles. The Labute approximate surface area is 157 Å². The third-order valence-corrected chi connectivity index (χ3v) is 5.00. The SMILES string of the molecule is CCC(C)c1[nH]c2cc(OC)ccc2c1Cc1cccc(-c2nnn[nH]2)n1. The van der Waals surface area contributed by atoms with Crippen LogP contribution < -0.4 is 4.74 Å². The number of pyridine rings is 1. The van der Waals surface area contributed by atoms with Gasteiger partial charge in [0.25, 0.3) is 0 Å². The van der Waals surface area contributed by atoms with Crippen molar-refractivity contribution in [2.24, 2.45) is 0 Å². The van der Waals surface area contributed by atoms with Gasteiger partial charge in [0, 0.05) is 34.8 Å². The van der Waals surface area contributed by atoms with Crippen LogP contribution in [-0.4, -0.2) is 37.7 Å². The summed E-state index contributed by atoms with van der Waals surface area (Å²) in [6.45, 7) is 4.45. The highest BCUT2D eigenvalue weighted by Gasteiger charge is 2.17. The van der Waals surface area contributed by atoms with Crippen LogP contribution in [0, 0.1) is 0 Å². The second-order valence-corrected chi connectivity index (χ2v) is 6.68. The fraction of sp³-hybridized carbons (Fsp3) is 0.300. The molecule has 0 spiro atoms. The van der Waals surface area contributed by atoms with Gasteiger partial charge in [-0.05, 0) is 52.6 Å². The molecular weight excluding hydrogens is 340 g/mol. The number of hydrogen-bond acceptors (Lipinski definition) is 5. The van der Waals surface area contributed by atoms with Gasteiger partial charge in [0.1, 0.15) is 11.4 Å². The van der Waals surface area contributed by atoms with Crippen LogP contribution in [0.2, 0.25) is 0 Å². The maximum Gasteiger partial charge on any atom is 0.198 e. The predicted molar refractivity (Wildman–Crippen MR) is 104 cm³/mol. The predicted octanol–water partition coefficient (Wildman–Crippen LogP) is 3.86. The molecule has 1 unspecified atom stereocenters. The number of benzene rings is 1. The normalized spacial score (nSPS) is 12.4. The zero-order chi connectivity index (χ0) is 18.8. The number of rotatable bonds is 6. The number of fused-ring (bicyclic) bond motifs is 1. The minimum absolute atomic E-state index is 0.431. The Hall–Kier alpha value is -3.22. The number of aromatic nitrogens is 6. The molecule has 138 valence electrons. The van der Waals surface area contributed by atoms with Gasteiger partial charge in [-0.15, -0.1) is 5.10 Å². The number of methoxy groups -OCH3 is 1. The number of H-pyrrole nitrogens is 2. The molecule has 1 atom stereocenters. The molecule has 0 saturated heterocycles. The lowest BCUT2D eigenvalue weighted by Crippen LogP contribution is -2.00. The van der Waals surface area contributed by atoms with Crippen molar-refractivity contribution >= 4 is 10.9 Å². The van der Waals surface area contributed by atoms with Crippen LogP contribution in [-0.2, 0) is 6.42 Å². The second-order valence-electron chi connectivity index (χ2n) is 6.68. The van der Waals surface area contributed by atoms with Crippen molar-refractivity contribution in [2.75, 3.05) is 7.11 Å². The molecule has 3 heterocycles. The number of tetrazole rings is 1. The third-order valence-electron chi connectivity index (χ3n) is 5.00. The monoisotopic (exact) mass is 362 g/mol. The van der Waals surface area contributed by atoms with Gasteiger partial charge in [0.15, 0.2) is 5.82 Å². The Kier molecular flexibility index (Phi) is 4.58. The van der Waals surface area contributed by atoms with Crippen molar-refractivity contribution in [3.63, 3.8) is 0 Å². The first-order chi connectivity index (χ1) is 13.2. The molecule has 4 aromatic rings. The zero-order valence-corrected chi connectivity index (χ0v) is 15.7. The summed E-state index contributed by atoms with van der Waals surface area (Å²) in [4.78, 5) is 8.35. The van der Waals surface area contributed by atoms with Crippen molar-refractivity contribution in [2.45, 2.75) is 32.6 Å². The molecule has 1 aromatic carbocycles. The number of hydrogen-bond donors (Lipinski definition) is 2.